The van der Waals surface area contributed by atoms with Crippen LogP contribution < -0.4 is 0 Å². The maximum atomic E-state index is 13.1. The van der Waals surface area contributed by atoms with Gasteiger partial charge < -0.3 is 4.90 Å². The first kappa shape index (κ1) is 18.5. The Morgan fingerprint density at radius 1 is 1.29 bits per heavy atom. The summed E-state index contributed by atoms with van der Waals surface area (Å²) in [5.41, 5.74) is 3.14. The summed E-state index contributed by atoms with van der Waals surface area (Å²) in [5, 5.41) is 9.50. The van der Waals surface area contributed by atoms with Crippen LogP contribution in [0.25, 0.3) is 11.0 Å². The van der Waals surface area contributed by atoms with E-state index < -0.39 is 0 Å². The maximum absolute atomic E-state index is 13.1. The Morgan fingerprint density at radius 2 is 2.11 bits per heavy atom. The normalized spacial score (nSPS) is 15.3. The number of aromatic nitrogens is 5. The van der Waals surface area contributed by atoms with Crippen molar-refractivity contribution in [1.82, 2.24) is 29.9 Å². The van der Waals surface area contributed by atoms with Gasteiger partial charge in [-0.05, 0) is 50.8 Å². The van der Waals surface area contributed by atoms with Crippen molar-refractivity contribution in [2.75, 3.05) is 13.1 Å². The molecule has 0 N–H and O–H groups in total. The van der Waals surface area contributed by atoms with E-state index in [4.69, 9.17) is 0 Å². The first-order chi connectivity index (χ1) is 13.7. The average Bonchev–Trinajstić information content (AvgIpc) is 3.20. The van der Waals surface area contributed by atoms with E-state index in [1.165, 1.54) is 0 Å². The third-order valence-corrected chi connectivity index (χ3v) is 5.48. The van der Waals surface area contributed by atoms with Crippen LogP contribution in [0.15, 0.2) is 30.6 Å². The lowest BCUT2D eigenvalue weighted by molar-refractivity contribution is 0.0688. The molecule has 1 saturated heterocycles. The highest BCUT2D eigenvalue weighted by Crippen LogP contribution is 2.24. The molecule has 3 aromatic heterocycles. The molecule has 0 saturated carbocycles. The fraction of sp³-hybridized carbons (Fsp3) is 0.476. The fourth-order valence-corrected chi connectivity index (χ4v) is 3.78. The van der Waals surface area contributed by atoms with Crippen LogP contribution in [0.4, 0.5) is 0 Å². The largest absolute Gasteiger partial charge is 0.338 e. The summed E-state index contributed by atoms with van der Waals surface area (Å²) in [5.74, 6) is 0.0522. The van der Waals surface area contributed by atoms with Crippen molar-refractivity contribution in [1.29, 1.82) is 0 Å². The van der Waals surface area contributed by atoms with Crippen molar-refractivity contribution in [3.8, 4) is 0 Å². The van der Waals surface area contributed by atoms with Crippen molar-refractivity contribution >= 4 is 16.9 Å². The SMILES string of the molecule is CCCCc1cn(C2CCN(C(=O)c3cc4cccnc4nc3C)CC2)nn1. The summed E-state index contributed by atoms with van der Waals surface area (Å²) in [7, 11) is 0. The number of pyridine rings is 2. The number of unbranched alkanes of at least 4 members (excludes halogenated alkanes) is 1. The highest BCUT2D eigenvalue weighted by Gasteiger charge is 2.26. The predicted octanol–water partition coefficient (Wildman–Crippen LogP) is 3.35. The van der Waals surface area contributed by atoms with Crippen LogP contribution in [0, 0.1) is 6.92 Å². The van der Waals surface area contributed by atoms with E-state index in [9.17, 15) is 4.79 Å². The molecule has 0 spiro atoms. The molecule has 7 nitrogen and oxygen atoms in total. The minimum Gasteiger partial charge on any atom is -0.338 e. The number of likely N-dealkylation sites (tertiary alicyclic amines) is 1. The number of fused-ring (bicyclic) bond motifs is 1. The third-order valence-electron chi connectivity index (χ3n) is 5.48. The van der Waals surface area contributed by atoms with E-state index in [0.717, 1.165) is 62.0 Å². The van der Waals surface area contributed by atoms with Crippen molar-refractivity contribution in [2.24, 2.45) is 0 Å². The molecule has 0 aromatic carbocycles. The van der Waals surface area contributed by atoms with Gasteiger partial charge in [0.25, 0.3) is 5.91 Å². The molecule has 0 aliphatic carbocycles. The minimum atomic E-state index is 0.0522. The molecule has 0 radical (unpaired) electrons. The third kappa shape index (κ3) is 3.74. The van der Waals surface area contributed by atoms with Crippen molar-refractivity contribution in [2.45, 2.75) is 52.0 Å². The summed E-state index contributed by atoms with van der Waals surface area (Å²) in [6.45, 7) is 5.50. The molecule has 0 unspecified atom stereocenters. The number of carbonyl (C=O) groups excluding carboxylic acids is 1. The molecular formula is C21H26N6O. The second-order valence-electron chi connectivity index (χ2n) is 7.49. The lowest BCUT2D eigenvalue weighted by Gasteiger charge is -2.32. The quantitative estimate of drug-likeness (QED) is 0.680. The Labute approximate surface area is 164 Å². The van der Waals surface area contributed by atoms with Gasteiger partial charge in [0.1, 0.15) is 0 Å². The number of aryl methyl sites for hydroxylation is 2. The Hall–Kier alpha value is -2.83. The number of hydrogen-bond donors (Lipinski definition) is 0. The average molecular weight is 378 g/mol. The molecule has 1 fully saturated rings. The number of piperidine rings is 1. The van der Waals surface area contributed by atoms with Gasteiger partial charge in [0.2, 0.25) is 0 Å². The topological polar surface area (TPSA) is 76.8 Å². The summed E-state index contributed by atoms with van der Waals surface area (Å²) in [4.78, 5) is 23.8. The van der Waals surface area contributed by atoms with Crippen LogP contribution in [-0.2, 0) is 6.42 Å². The highest BCUT2D eigenvalue weighted by molar-refractivity contribution is 5.98. The number of amides is 1. The summed E-state index contributed by atoms with van der Waals surface area (Å²) < 4.78 is 1.99. The van der Waals surface area contributed by atoms with E-state index in [-0.39, 0.29) is 5.91 Å². The molecule has 28 heavy (non-hydrogen) atoms. The monoisotopic (exact) mass is 378 g/mol. The predicted molar refractivity (Wildman–Crippen MR) is 107 cm³/mol. The zero-order valence-electron chi connectivity index (χ0n) is 16.5. The zero-order valence-corrected chi connectivity index (χ0v) is 16.5. The van der Waals surface area contributed by atoms with Crippen LogP contribution in [0.2, 0.25) is 0 Å². The van der Waals surface area contributed by atoms with E-state index in [1.807, 2.05) is 34.7 Å². The lowest BCUT2D eigenvalue weighted by Crippen LogP contribution is -2.39. The Bertz CT molecular complexity index is 974. The van der Waals surface area contributed by atoms with E-state index in [2.05, 4.69) is 33.4 Å². The van der Waals surface area contributed by atoms with E-state index in [0.29, 0.717) is 17.3 Å². The second kappa shape index (κ2) is 8.04. The Morgan fingerprint density at radius 3 is 2.89 bits per heavy atom. The molecule has 7 heteroatoms. The van der Waals surface area contributed by atoms with Gasteiger partial charge in [0.05, 0.1) is 23.0 Å². The Kier molecular flexibility index (Phi) is 5.32. The second-order valence-corrected chi connectivity index (χ2v) is 7.49. The first-order valence-electron chi connectivity index (χ1n) is 10.1. The summed E-state index contributed by atoms with van der Waals surface area (Å²) in [6.07, 6.45) is 8.86. The Balaban J connectivity index is 1.43. The standard InChI is InChI=1S/C21H26N6O/c1-3-4-7-17-14-27(25-24-17)18-8-11-26(12-9-18)21(28)19-13-16-6-5-10-22-20(16)23-15(19)2/h5-6,10,13-14,18H,3-4,7-9,11-12H2,1-2H3. The minimum absolute atomic E-state index is 0.0522. The molecule has 4 rings (SSSR count). The number of nitrogens with zero attached hydrogens (tertiary/aromatic N) is 6. The number of carbonyl (C=O) groups is 1. The summed E-state index contributed by atoms with van der Waals surface area (Å²) >= 11 is 0. The van der Waals surface area contributed by atoms with Crippen LogP contribution in [0.5, 0.6) is 0 Å². The molecule has 3 aromatic rings. The zero-order chi connectivity index (χ0) is 19.5. The van der Waals surface area contributed by atoms with Crippen molar-refractivity contribution < 1.29 is 4.79 Å². The van der Waals surface area contributed by atoms with Crippen LogP contribution >= 0.6 is 0 Å². The van der Waals surface area contributed by atoms with Gasteiger partial charge in [0.15, 0.2) is 5.65 Å². The molecule has 146 valence electrons. The number of rotatable bonds is 5. The molecule has 4 heterocycles. The van der Waals surface area contributed by atoms with Gasteiger partial charge in [0, 0.05) is 30.9 Å². The van der Waals surface area contributed by atoms with Crippen LogP contribution in [0.3, 0.4) is 0 Å². The van der Waals surface area contributed by atoms with Gasteiger partial charge in [-0.3, -0.25) is 4.79 Å². The first-order valence-corrected chi connectivity index (χ1v) is 10.1. The van der Waals surface area contributed by atoms with Gasteiger partial charge in [-0.1, -0.05) is 18.6 Å². The van der Waals surface area contributed by atoms with Crippen molar-refractivity contribution in [3.05, 3.63) is 47.5 Å². The van der Waals surface area contributed by atoms with Gasteiger partial charge in [-0.25, -0.2) is 14.6 Å². The molecule has 0 bridgehead atoms. The molecule has 1 aliphatic rings. The smallest absolute Gasteiger partial charge is 0.255 e. The molecule has 1 aliphatic heterocycles. The fourth-order valence-electron chi connectivity index (χ4n) is 3.78. The van der Waals surface area contributed by atoms with E-state index in [1.54, 1.807) is 6.20 Å². The summed E-state index contributed by atoms with van der Waals surface area (Å²) in [6, 6.07) is 6.04. The highest BCUT2D eigenvalue weighted by atomic mass is 16.2. The van der Waals surface area contributed by atoms with Gasteiger partial charge >= 0.3 is 0 Å². The van der Waals surface area contributed by atoms with E-state index >= 15 is 0 Å². The van der Waals surface area contributed by atoms with Crippen molar-refractivity contribution in [3.63, 3.8) is 0 Å². The molecule has 0 atom stereocenters. The number of hydrogen-bond acceptors (Lipinski definition) is 5. The lowest BCUT2D eigenvalue weighted by atomic mass is 10.0. The van der Waals surface area contributed by atoms with Gasteiger partial charge in [-0.15, -0.1) is 5.10 Å². The maximum Gasteiger partial charge on any atom is 0.255 e. The molecule has 1 amide bonds. The van der Waals surface area contributed by atoms with Crippen LogP contribution in [-0.4, -0.2) is 48.9 Å². The van der Waals surface area contributed by atoms with Crippen LogP contribution in [0.1, 0.15) is 60.4 Å². The van der Waals surface area contributed by atoms with Gasteiger partial charge in [-0.2, -0.15) is 0 Å². The molecular weight excluding hydrogens is 352 g/mol.